The lowest BCUT2D eigenvalue weighted by molar-refractivity contribution is 0.177. The molecule has 92 valence electrons. The minimum Gasteiger partial charge on any atom is -0.464 e. The maximum absolute atomic E-state index is 10.2. The van der Waals surface area contributed by atoms with E-state index in [1.807, 2.05) is 24.3 Å². The zero-order valence-electron chi connectivity index (χ0n) is 9.95. The van der Waals surface area contributed by atoms with E-state index in [2.05, 4.69) is 10.3 Å². The summed E-state index contributed by atoms with van der Waals surface area (Å²) >= 11 is 0. The lowest BCUT2D eigenvalue weighted by Gasteiger charge is -2.06. The van der Waals surface area contributed by atoms with Gasteiger partial charge in [-0.2, -0.15) is 0 Å². The Morgan fingerprint density at radius 1 is 1.39 bits per heavy atom. The summed E-state index contributed by atoms with van der Waals surface area (Å²) in [6, 6.07) is 7.66. The second-order valence-corrected chi connectivity index (χ2v) is 4.29. The molecule has 0 saturated carbocycles. The highest BCUT2D eigenvalue weighted by Gasteiger charge is 2.16. The molecule has 0 aliphatic rings. The highest BCUT2D eigenvalue weighted by molar-refractivity contribution is 5.81. The van der Waals surface area contributed by atoms with E-state index in [9.17, 15) is 5.11 Å². The molecule has 0 fully saturated rings. The minimum atomic E-state index is -0.634. The van der Waals surface area contributed by atoms with Crippen molar-refractivity contribution in [1.29, 1.82) is 0 Å². The molecule has 0 bridgehead atoms. The third-order valence-electron chi connectivity index (χ3n) is 2.92. The fraction of sp³-hybridized carbons (Fsp3) is 0.231. The molecule has 2 heterocycles. The molecular weight excluding hydrogens is 230 g/mol. The lowest BCUT2D eigenvalue weighted by atomic mass is 10.0. The zero-order valence-corrected chi connectivity index (χ0v) is 9.95. The third kappa shape index (κ3) is 1.89. The van der Waals surface area contributed by atoms with E-state index in [-0.39, 0.29) is 0 Å². The number of hydrogen-bond donors (Lipinski definition) is 1. The number of benzene rings is 1. The first-order valence-corrected chi connectivity index (χ1v) is 5.73. The van der Waals surface area contributed by atoms with Gasteiger partial charge >= 0.3 is 0 Å². The molecule has 0 aliphatic heterocycles. The molecule has 5 nitrogen and oxygen atoms in total. The molecule has 1 aromatic carbocycles. The molecular formula is C13H13N3O2. The number of nitrogens with zero attached hydrogens (tertiary/aromatic N) is 3. The Labute approximate surface area is 104 Å². The van der Waals surface area contributed by atoms with Crippen LogP contribution in [0, 0.1) is 0 Å². The van der Waals surface area contributed by atoms with Crippen LogP contribution in [0.5, 0.6) is 0 Å². The molecule has 0 spiro atoms. The van der Waals surface area contributed by atoms with E-state index in [1.54, 1.807) is 24.2 Å². The fourth-order valence-electron chi connectivity index (χ4n) is 2.05. The van der Waals surface area contributed by atoms with Gasteiger partial charge in [0.15, 0.2) is 0 Å². The van der Waals surface area contributed by atoms with Crippen molar-refractivity contribution in [2.45, 2.75) is 12.5 Å². The highest BCUT2D eigenvalue weighted by Crippen LogP contribution is 2.27. The van der Waals surface area contributed by atoms with Crippen molar-refractivity contribution in [3.05, 3.63) is 48.0 Å². The highest BCUT2D eigenvalue weighted by atomic mass is 16.3. The van der Waals surface area contributed by atoms with Gasteiger partial charge in [-0.05, 0) is 6.07 Å². The van der Waals surface area contributed by atoms with Crippen molar-refractivity contribution >= 4 is 11.0 Å². The molecule has 3 rings (SSSR count). The number of aromatic nitrogens is 3. The Morgan fingerprint density at radius 2 is 2.22 bits per heavy atom. The summed E-state index contributed by atoms with van der Waals surface area (Å²) in [5.41, 5.74) is 2.33. The van der Waals surface area contributed by atoms with Gasteiger partial charge in [0.25, 0.3) is 0 Å². The number of para-hydroxylation sites is 1. The first-order chi connectivity index (χ1) is 8.74. The Balaban J connectivity index is 1.90. The van der Waals surface area contributed by atoms with Crippen molar-refractivity contribution in [2.24, 2.45) is 7.05 Å². The van der Waals surface area contributed by atoms with Crippen LogP contribution < -0.4 is 0 Å². The van der Waals surface area contributed by atoms with Crippen LogP contribution in [0.15, 0.2) is 41.1 Å². The Bertz CT molecular complexity index is 671. The molecule has 0 amide bonds. The maximum atomic E-state index is 10.2. The standard InChI is InChI=1S/C13H13N3O2/c1-16-7-9(14-15-16)6-12(17)11-8-18-13-5-3-2-4-10(11)13/h2-5,7-8,12,17H,6H2,1H3. The average Bonchev–Trinajstić information content (AvgIpc) is 2.95. The largest absolute Gasteiger partial charge is 0.464 e. The van der Waals surface area contributed by atoms with Gasteiger partial charge in [-0.15, -0.1) is 5.10 Å². The Hall–Kier alpha value is -2.14. The van der Waals surface area contributed by atoms with Crippen molar-refractivity contribution in [2.75, 3.05) is 0 Å². The number of aliphatic hydroxyl groups excluding tert-OH is 1. The molecule has 5 heteroatoms. The van der Waals surface area contributed by atoms with Crippen LogP contribution in [-0.4, -0.2) is 20.1 Å². The number of rotatable bonds is 3. The van der Waals surface area contributed by atoms with E-state index >= 15 is 0 Å². The van der Waals surface area contributed by atoms with Gasteiger partial charge in [-0.25, -0.2) is 0 Å². The van der Waals surface area contributed by atoms with Crippen LogP contribution in [0.2, 0.25) is 0 Å². The second-order valence-electron chi connectivity index (χ2n) is 4.29. The van der Waals surface area contributed by atoms with E-state index in [4.69, 9.17) is 4.42 Å². The Morgan fingerprint density at radius 3 is 3.00 bits per heavy atom. The van der Waals surface area contributed by atoms with Gasteiger partial charge in [0.2, 0.25) is 0 Å². The van der Waals surface area contributed by atoms with E-state index < -0.39 is 6.10 Å². The maximum Gasteiger partial charge on any atom is 0.134 e. The summed E-state index contributed by atoms with van der Waals surface area (Å²) < 4.78 is 7.03. The monoisotopic (exact) mass is 243 g/mol. The molecule has 1 unspecified atom stereocenters. The van der Waals surface area contributed by atoms with Crippen LogP contribution in [-0.2, 0) is 13.5 Å². The van der Waals surface area contributed by atoms with Crippen molar-refractivity contribution < 1.29 is 9.52 Å². The number of hydrogen-bond acceptors (Lipinski definition) is 4. The number of aliphatic hydroxyl groups is 1. The molecule has 0 aliphatic carbocycles. The van der Waals surface area contributed by atoms with Crippen LogP contribution in [0.1, 0.15) is 17.4 Å². The minimum absolute atomic E-state index is 0.428. The van der Waals surface area contributed by atoms with E-state index in [0.717, 1.165) is 22.2 Å². The quantitative estimate of drug-likeness (QED) is 0.762. The molecule has 1 atom stereocenters. The molecule has 0 radical (unpaired) electrons. The Kier molecular flexibility index (Phi) is 2.60. The van der Waals surface area contributed by atoms with Crippen molar-refractivity contribution in [3.63, 3.8) is 0 Å². The summed E-state index contributed by atoms with van der Waals surface area (Å²) in [6.07, 6.45) is 3.19. The van der Waals surface area contributed by atoms with Crippen molar-refractivity contribution in [1.82, 2.24) is 15.0 Å². The average molecular weight is 243 g/mol. The molecule has 2 aromatic heterocycles. The van der Waals surface area contributed by atoms with Gasteiger partial charge in [0, 0.05) is 30.6 Å². The van der Waals surface area contributed by atoms with Crippen LogP contribution in [0.3, 0.4) is 0 Å². The zero-order chi connectivity index (χ0) is 12.5. The summed E-state index contributed by atoms with van der Waals surface area (Å²) in [5, 5.41) is 19.0. The van der Waals surface area contributed by atoms with Gasteiger partial charge < -0.3 is 9.52 Å². The molecule has 1 N–H and O–H groups in total. The molecule has 3 aromatic rings. The van der Waals surface area contributed by atoms with E-state index in [1.165, 1.54) is 0 Å². The van der Waals surface area contributed by atoms with Gasteiger partial charge in [-0.3, -0.25) is 4.68 Å². The van der Waals surface area contributed by atoms with Crippen molar-refractivity contribution in [3.8, 4) is 0 Å². The number of furan rings is 1. The third-order valence-corrected chi connectivity index (χ3v) is 2.92. The number of fused-ring (bicyclic) bond motifs is 1. The van der Waals surface area contributed by atoms with E-state index in [0.29, 0.717) is 6.42 Å². The molecule has 18 heavy (non-hydrogen) atoms. The second kappa shape index (κ2) is 4.27. The van der Waals surface area contributed by atoms with Gasteiger partial charge in [0.1, 0.15) is 5.58 Å². The summed E-state index contributed by atoms with van der Waals surface area (Å²) in [5.74, 6) is 0. The summed E-state index contributed by atoms with van der Waals surface area (Å²) in [6.45, 7) is 0. The summed E-state index contributed by atoms with van der Waals surface area (Å²) in [7, 11) is 1.80. The topological polar surface area (TPSA) is 64.1 Å². The predicted octanol–water partition coefficient (Wildman–Crippen LogP) is 1.84. The normalized spacial score (nSPS) is 13.0. The SMILES string of the molecule is Cn1cc(CC(O)c2coc3ccccc23)nn1. The number of aryl methyl sites for hydroxylation is 1. The molecule has 0 saturated heterocycles. The smallest absolute Gasteiger partial charge is 0.134 e. The lowest BCUT2D eigenvalue weighted by Crippen LogP contribution is -2.01. The predicted molar refractivity (Wildman–Crippen MR) is 65.9 cm³/mol. The van der Waals surface area contributed by atoms with Gasteiger partial charge in [-0.1, -0.05) is 23.4 Å². The van der Waals surface area contributed by atoms with Crippen LogP contribution in [0.4, 0.5) is 0 Å². The van der Waals surface area contributed by atoms with Crippen LogP contribution in [0.25, 0.3) is 11.0 Å². The first kappa shape index (κ1) is 11.0. The fourth-order valence-corrected chi connectivity index (χ4v) is 2.05. The van der Waals surface area contributed by atoms with Crippen LogP contribution >= 0.6 is 0 Å². The van der Waals surface area contributed by atoms with Gasteiger partial charge in [0.05, 0.1) is 18.1 Å². The summed E-state index contributed by atoms with van der Waals surface area (Å²) in [4.78, 5) is 0. The first-order valence-electron chi connectivity index (χ1n) is 5.73.